The van der Waals surface area contributed by atoms with Crippen LogP contribution in [-0.4, -0.2) is 6.17 Å². The summed E-state index contributed by atoms with van der Waals surface area (Å²) in [4.78, 5) is 0. The number of allylic oxidation sites excluding steroid dienone is 4. The van der Waals surface area contributed by atoms with Crippen molar-refractivity contribution in [3.05, 3.63) is 90.6 Å². The highest BCUT2D eigenvalue weighted by atomic mass is 16.0. The third kappa shape index (κ3) is 1.56. The van der Waals surface area contributed by atoms with Gasteiger partial charge in [-0.2, -0.15) is 0 Å². The van der Waals surface area contributed by atoms with Gasteiger partial charge in [-0.1, -0.05) is 66.3 Å². The second kappa shape index (κ2) is 4.46. The first-order valence-electron chi connectivity index (χ1n) is 8.20. The fraction of sp³-hybridized carbons (Fsp3) is 0.143. The smallest absolute Gasteiger partial charge is 0.145 e. The quantitative estimate of drug-likeness (QED) is 0.551. The first-order chi connectivity index (χ1) is 11.3. The standard InChI is InChI=1S/C21H19N2/c1-16-8-7-9-17(15-14-16)21-22-19-12-5-6-13-20(19)23(21,22)18-10-3-2-4-11-18/h2-15,17,21H,1H3/q+1. The van der Waals surface area contributed by atoms with E-state index in [0.29, 0.717) is 12.1 Å². The zero-order valence-corrected chi connectivity index (χ0v) is 13.1. The van der Waals surface area contributed by atoms with Gasteiger partial charge in [0.15, 0.2) is 17.1 Å². The second-order valence-electron chi connectivity index (χ2n) is 6.50. The highest BCUT2D eigenvalue weighted by Gasteiger charge is 2.79. The van der Waals surface area contributed by atoms with E-state index in [1.165, 1.54) is 22.6 Å². The molecular formula is C21H19N2+. The van der Waals surface area contributed by atoms with Crippen molar-refractivity contribution >= 4 is 17.1 Å². The lowest BCUT2D eigenvalue weighted by Gasteiger charge is -2.27. The molecule has 2 heteroatoms. The number of benzene rings is 2. The minimum Gasteiger partial charge on any atom is -0.145 e. The Labute approximate surface area is 136 Å². The number of anilines is 1. The molecule has 0 bridgehead atoms. The predicted octanol–water partition coefficient (Wildman–Crippen LogP) is 5.09. The third-order valence-electron chi connectivity index (χ3n) is 5.18. The fourth-order valence-electron chi connectivity index (χ4n) is 4.15. The van der Waals surface area contributed by atoms with Crippen molar-refractivity contribution in [2.24, 2.45) is 5.92 Å². The van der Waals surface area contributed by atoms with Crippen molar-refractivity contribution in [2.75, 3.05) is 5.01 Å². The maximum atomic E-state index is 2.53. The van der Waals surface area contributed by atoms with Gasteiger partial charge in [0.2, 0.25) is 0 Å². The van der Waals surface area contributed by atoms with Gasteiger partial charge in [0, 0.05) is 18.2 Å². The van der Waals surface area contributed by atoms with E-state index in [1.807, 2.05) is 0 Å². The van der Waals surface area contributed by atoms with E-state index in [0.717, 1.165) is 4.59 Å². The van der Waals surface area contributed by atoms with Gasteiger partial charge in [-0.25, -0.2) is 0 Å². The molecular weight excluding hydrogens is 280 g/mol. The van der Waals surface area contributed by atoms with Gasteiger partial charge in [0.25, 0.3) is 6.17 Å². The van der Waals surface area contributed by atoms with Crippen LogP contribution in [0.1, 0.15) is 6.92 Å². The van der Waals surface area contributed by atoms with Crippen LogP contribution in [0, 0.1) is 5.92 Å². The Morgan fingerprint density at radius 3 is 2.57 bits per heavy atom. The molecule has 3 unspecified atom stereocenters. The Morgan fingerprint density at radius 2 is 1.70 bits per heavy atom. The van der Waals surface area contributed by atoms with E-state index in [2.05, 4.69) is 96.9 Å². The molecule has 1 saturated heterocycles. The molecule has 2 nitrogen and oxygen atoms in total. The normalized spacial score (nSPS) is 30.0. The van der Waals surface area contributed by atoms with Gasteiger partial charge in [-0.05, 0) is 13.0 Å². The molecule has 3 aliphatic rings. The molecule has 0 spiro atoms. The maximum absolute atomic E-state index is 2.53. The topological polar surface area (TPSA) is 3.01 Å². The Balaban J connectivity index is 1.62. The zero-order valence-electron chi connectivity index (χ0n) is 13.1. The Bertz CT molecular complexity index is 862. The van der Waals surface area contributed by atoms with Crippen LogP contribution in [0.2, 0.25) is 0 Å². The summed E-state index contributed by atoms with van der Waals surface area (Å²) in [5.41, 5.74) is 5.45. The Kier molecular flexibility index (Phi) is 2.51. The lowest BCUT2D eigenvalue weighted by Crippen LogP contribution is -2.35. The summed E-state index contributed by atoms with van der Waals surface area (Å²) in [5, 5.41) is 2.53. The molecule has 0 aromatic heterocycles. The van der Waals surface area contributed by atoms with Crippen molar-refractivity contribution in [3.63, 3.8) is 0 Å². The SMILES string of the molecule is CC1=CC=CC(C2N3c4ccccc4[N+]23c2ccccc2)C=C1. The number of fused-ring (bicyclic) bond motifs is 4. The van der Waals surface area contributed by atoms with Crippen LogP contribution in [0.3, 0.4) is 0 Å². The van der Waals surface area contributed by atoms with E-state index < -0.39 is 0 Å². The molecule has 2 aromatic rings. The van der Waals surface area contributed by atoms with Crippen molar-refractivity contribution in [1.82, 2.24) is 4.59 Å². The molecule has 112 valence electrons. The number of para-hydroxylation sites is 3. The molecule has 0 amide bonds. The molecule has 0 N–H and O–H groups in total. The average molecular weight is 299 g/mol. The summed E-state index contributed by atoms with van der Waals surface area (Å²) < 4.78 is 0.870. The third-order valence-corrected chi connectivity index (χ3v) is 5.18. The number of rotatable bonds is 2. The molecule has 3 atom stereocenters. The molecule has 2 aliphatic heterocycles. The van der Waals surface area contributed by atoms with Crippen molar-refractivity contribution in [1.29, 1.82) is 0 Å². The minimum absolute atomic E-state index is 0.413. The van der Waals surface area contributed by atoms with Crippen LogP contribution in [0.5, 0.6) is 0 Å². The number of quaternary nitrogens is 1. The highest BCUT2D eigenvalue weighted by Crippen LogP contribution is 2.68. The first kappa shape index (κ1) is 12.9. The van der Waals surface area contributed by atoms with Crippen molar-refractivity contribution in [3.8, 4) is 0 Å². The van der Waals surface area contributed by atoms with Crippen LogP contribution >= 0.6 is 0 Å². The van der Waals surface area contributed by atoms with Gasteiger partial charge in [0.05, 0.1) is 5.92 Å². The molecule has 2 heterocycles. The second-order valence-corrected chi connectivity index (χ2v) is 6.50. The number of hydrogen-bond donors (Lipinski definition) is 0. The predicted molar refractivity (Wildman–Crippen MR) is 96.1 cm³/mol. The van der Waals surface area contributed by atoms with E-state index >= 15 is 0 Å². The van der Waals surface area contributed by atoms with Gasteiger partial charge in [0.1, 0.15) is 0 Å². The van der Waals surface area contributed by atoms with E-state index in [1.54, 1.807) is 0 Å². The number of nitrogens with zero attached hydrogens (tertiary/aromatic N) is 2. The average Bonchev–Trinajstić information content (AvgIpc) is 3.25. The lowest BCUT2D eigenvalue weighted by molar-refractivity contribution is 0.587. The van der Waals surface area contributed by atoms with E-state index in [9.17, 15) is 0 Å². The summed E-state index contributed by atoms with van der Waals surface area (Å²) in [6.45, 7) is 2.15. The van der Waals surface area contributed by atoms with Gasteiger partial charge >= 0.3 is 0 Å². The van der Waals surface area contributed by atoms with Crippen molar-refractivity contribution in [2.45, 2.75) is 13.1 Å². The summed E-state index contributed by atoms with van der Waals surface area (Å²) in [6.07, 6.45) is 11.7. The summed E-state index contributed by atoms with van der Waals surface area (Å²) in [6, 6.07) is 19.7. The van der Waals surface area contributed by atoms with Gasteiger partial charge in [-0.15, -0.1) is 9.60 Å². The largest absolute Gasteiger partial charge is 0.250 e. The van der Waals surface area contributed by atoms with Gasteiger partial charge in [-0.3, -0.25) is 0 Å². The molecule has 1 aliphatic carbocycles. The van der Waals surface area contributed by atoms with Crippen LogP contribution in [-0.2, 0) is 0 Å². The molecule has 5 rings (SSSR count). The molecule has 0 saturated carbocycles. The van der Waals surface area contributed by atoms with Crippen molar-refractivity contribution < 1.29 is 0 Å². The van der Waals surface area contributed by atoms with Crippen LogP contribution in [0.15, 0.2) is 90.6 Å². The monoisotopic (exact) mass is 299 g/mol. The Morgan fingerprint density at radius 1 is 0.913 bits per heavy atom. The summed E-state index contributed by atoms with van der Waals surface area (Å²) in [7, 11) is 0. The summed E-state index contributed by atoms with van der Waals surface area (Å²) >= 11 is 0. The molecule has 0 radical (unpaired) electrons. The lowest BCUT2D eigenvalue weighted by atomic mass is 10.1. The zero-order chi connectivity index (χ0) is 15.4. The van der Waals surface area contributed by atoms with Gasteiger partial charge < -0.3 is 0 Å². The number of hydrogen-bond acceptors (Lipinski definition) is 1. The Hall–Kier alpha value is -2.58. The van der Waals surface area contributed by atoms with E-state index in [-0.39, 0.29) is 0 Å². The fourth-order valence-corrected chi connectivity index (χ4v) is 4.15. The van der Waals surface area contributed by atoms with Crippen LogP contribution in [0.4, 0.5) is 17.1 Å². The molecule has 23 heavy (non-hydrogen) atoms. The molecule has 2 aromatic carbocycles. The molecule has 1 fully saturated rings. The highest BCUT2D eigenvalue weighted by molar-refractivity contribution is 5.94. The maximum Gasteiger partial charge on any atom is 0.250 e. The first-order valence-corrected chi connectivity index (χ1v) is 8.20. The summed E-state index contributed by atoms with van der Waals surface area (Å²) in [5.74, 6) is 0.413. The minimum atomic E-state index is 0.413. The van der Waals surface area contributed by atoms with E-state index in [4.69, 9.17) is 0 Å². The van der Waals surface area contributed by atoms with Crippen LogP contribution in [0.25, 0.3) is 0 Å². The van der Waals surface area contributed by atoms with Crippen LogP contribution < -0.4 is 9.60 Å².